The number of hydrogen-bond donors (Lipinski definition) is 3. The molecule has 0 aliphatic heterocycles. The van der Waals surface area contributed by atoms with Crippen LogP contribution in [-0.2, 0) is 6.42 Å². The zero-order valence-electron chi connectivity index (χ0n) is 10.1. The Labute approximate surface area is 115 Å². The maximum Gasteiger partial charge on any atom is 0.271 e. The number of aromatic amines is 1. The van der Waals surface area contributed by atoms with E-state index in [0.717, 1.165) is 5.56 Å². The van der Waals surface area contributed by atoms with Crippen LogP contribution in [0.15, 0.2) is 41.5 Å². The summed E-state index contributed by atoms with van der Waals surface area (Å²) < 4.78 is 0. The lowest BCUT2D eigenvalue weighted by Gasteiger charge is -2.17. The molecule has 0 radical (unpaired) electrons. The number of nitrogens with one attached hydrogen (secondary N) is 2. The van der Waals surface area contributed by atoms with Crippen LogP contribution in [0.5, 0.6) is 0 Å². The van der Waals surface area contributed by atoms with Gasteiger partial charge in [-0.2, -0.15) is 0 Å². The molecule has 1 aromatic heterocycles. The summed E-state index contributed by atoms with van der Waals surface area (Å²) in [6, 6.07) is 9.48. The number of aliphatic hydroxyl groups excluding tert-OH is 1. The van der Waals surface area contributed by atoms with Crippen LogP contribution < -0.4 is 10.9 Å². The number of rotatable bonds is 5. The van der Waals surface area contributed by atoms with E-state index in [1.807, 2.05) is 30.3 Å². The van der Waals surface area contributed by atoms with Gasteiger partial charge in [0.05, 0.1) is 19.0 Å². The molecule has 0 amide bonds. The Kier molecular flexibility index (Phi) is 4.54. The molecule has 0 fully saturated rings. The van der Waals surface area contributed by atoms with Crippen molar-refractivity contribution in [1.29, 1.82) is 0 Å². The third-order valence-corrected chi connectivity index (χ3v) is 3.03. The van der Waals surface area contributed by atoms with E-state index in [-0.39, 0.29) is 23.5 Å². The molecule has 6 heteroatoms. The molecule has 19 heavy (non-hydrogen) atoms. The summed E-state index contributed by atoms with van der Waals surface area (Å²) in [6.07, 6.45) is 1.88. The Hall–Kier alpha value is -1.85. The van der Waals surface area contributed by atoms with E-state index in [4.69, 9.17) is 11.6 Å². The number of aromatic nitrogens is 2. The summed E-state index contributed by atoms with van der Waals surface area (Å²) >= 11 is 5.85. The molecule has 1 heterocycles. The molecule has 3 N–H and O–H groups in total. The molecule has 2 rings (SSSR count). The summed E-state index contributed by atoms with van der Waals surface area (Å²) in [5.74, 6) is 0.278. The van der Waals surface area contributed by atoms with Gasteiger partial charge < -0.3 is 15.4 Å². The first-order chi connectivity index (χ1) is 9.20. The predicted octanol–water partition coefficient (Wildman–Crippen LogP) is 1.44. The van der Waals surface area contributed by atoms with E-state index in [1.54, 1.807) is 0 Å². The number of aliphatic hydroxyl groups is 1. The lowest BCUT2D eigenvalue weighted by Crippen LogP contribution is -2.28. The minimum atomic E-state index is -0.407. The molecule has 1 atom stereocenters. The standard InChI is InChI=1S/C13H14ClN3O2/c14-11-12(15-8-16-13(11)19)17-10(7-18)6-9-4-2-1-3-5-9/h1-5,8,10,18H,6-7H2,(H2,15,16,17,19). The van der Waals surface area contributed by atoms with Crippen LogP contribution in [0.1, 0.15) is 5.56 Å². The Morgan fingerprint density at radius 3 is 2.79 bits per heavy atom. The third-order valence-electron chi connectivity index (χ3n) is 2.68. The van der Waals surface area contributed by atoms with E-state index in [2.05, 4.69) is 15.3 Å². The van der Waals surface area contributed by atoms with Gasteiger partial charge >= 0.3 is 0 Å². The Balaban J connectivity index is 2.11. The first-order valence-electron chi connectivity index (χ1n) is 5.85. The van der Waals surface area contributed by atoms with Gasteiger partial charge in [-0.15, -0.1) is 0 Å². The quantitative estimate of drug-likeness (QED) is 0.774. The molecule has 1 aromatic carbocycles. The van der Waals surface area contributed by atoms with Gasteiger partial charge in [0.15, 0.2) is 5.82 Å². The molecule has 0 spiro atoms. The van der Waals surface area contributed by atoms with Crippen molar-refractivity contribution >= 4 is 17.4 Å². The molecule has 0 saturated heterocycles. The van der Waals surface area contributed by atoms with Crippen LogP contribution in [-0.4, -0.2) is 27.7 Å². The van der Waals surface area contributed by atoms with Crippen molar-refractivity contribution < 1.29 is 5.11 Å². The van der Waals surface area contributed by atoms with Crippen LogP contribution >= 0.6 is 11.6 Å². The zero-order chi connectivity index (χ0) is 13.7. The lowest BCUT2D eigenvalue weighted by atomic mass is 10.1. The van der Waals surface area contributed by atoms with E-state index in [1.165, 1.54) is 6.33 Å². The van der Waals surface area contributed by atoms with Crippen molar-refractivity contribution in [3.8, 4) is 0 Å². The number of hydrogen-bond acceptors (Lipinski definition) is 4. The van der Waals surface area contributed by atoms with Crippen LogP contribution in [0.3, 0.4) is 0 Å². The number of benzene rings is 1. The number of H-pyrrole nitrogens is 1. The van der Waals surface area contributed by atoms with Crippen LogP contribution in [0.25, 0.3) is 0 Å². The molecule has 0 saturated carbocycles. The Morgan fingerprint density at radius 1 is 1.37 bits per heavy atom. The van der Waals surface area contributed by atoms with Gasteiger partial charge in [-0.05, 0) is 12.0 Å². The van der Waals surface area contributed by atoms with Crippen molar-refractivity contribution in [3.05, 3.63) is 57.6 Å². The van der Waals surface area contributed by atoms with Crippen molar-refractivity contribution in [2.24, 2.45) is 0 Å². The van der Waals surface area contributed by atoms with E-state index >= 15 is 0 Å². The smallest absolute Gasteiger partial charge is 0.271 e. The number of anilines is 1. The topological polar surface area (TPSA) is 78.0 Å². The first kappa shape index (κ1) is 13.6. The van der Waals surface area contributed by atoms with E-state index < -0.39 is 5.56 Å². The van der Waals surface area contributed by atoms with Crippen LogP contribution in [0.4, 0.5) is 5.82 Å². The Bertz CT molecular complexity index is 586. The monoisotopic (exact) mass is 279 g/mol. The molecule has 2 aromatic rings. The van der Waals surface area contributed by atoms with Crippen molar-refractivity contribution in [3.63, 3.8) is 0 Å². The van der Waals surface area contributed by atoms with Gasteiger partial charge in [0.1, 0.15) is 5.02 Å². The zero-order valence-corrected chi connectivity index (χ0v) is 10.9. The summed E-state index contributed by atoms with van der Waals surface area (Å²) in [4.78, 5) is 17.7. The molecule has 0 bridgehead atoms. The normalized spacial score (nSPS) is 12.1. The first-order valence-corrected chi connectivity index (χ1v) is 6.23. The second kappa shape index (κ2) is 6.36. The fourth-order valence-electron chi connectivity index (χ4n) is 1.74. The van der Waals surface area contributed by atoms with Gasteiger partial charge in [-0.1, -0.05) is 41.9 Å². The highest BCUT2D eigenvalue weighted by Crippen LogP contribution is 2.15. The number of nitrogens with zero attached hydrogens (tertiary/aromatic N) is 1. The highest BCUT2D eigenvalue weighted by atomic mass is 35.5. The molecule has 0 aliphatic rings. The number of halogens is 1. The van der Waals surface area contributed by atoms with Gasteiger partial charge in [0.2, 0.25) is 0 Å². The highest BCUT2D eigenvalue weighted by Gasteiger charge is 2.12. The van der Waals surface area contributed by atoms with Crippen LogP contribution in [0.2, 0.25) is 5.02 Å². The second-order valence-corrected chi connectivity index (χ2v) is 4.49. The van der Waals surface area contributed by atoms with Gasteiger partial charge in [-0.3, -0.25) is 4.79 Å². The minimum Gasteiger partial charge on any atom is -0.394 e. The van der Waals surface area contributed by atoms with Gasteiger partial charge in [0.25, 0.3) is 5.56 Å². The predicted molar refractivity (Wildman–Crippen MR) is 74.5 cm³/mol. The summed E-state index contributed by atoms with van der Waals surface area (Å²) in [5.41, 5.74) is 0.672. The molecular formula is C13H14ClN3O2. The minimum absolute atomic E-state index is 0.00554. The van der Waals surface area contributed by atoms with E-state index in [0.29, 0.717) is 6.42 Å². The summed E-state index contributed by atoms with van der Waals surface area (Å²) in [6.45, 7) is -0.0836. The van der Waals surface area contributed by atoms with Crippen LogP contribution in [0, 0.1) is 0 Å². The second-order valence-electron chi connectivity index (χ2n) is 4.11. The van der Waals surface area contributed by atoms with Gasteiger partial charge in [0, 0.05) is 0 Å². The van der Waals surface area contributed by atoms with Crippen molar-refractivity contribution in [1.82, 2.24) is 9.97 Å². The third kappa shape index (κ3) is 3.56. The summed E-state index contributed by atoms with van der Waals surface area (Å²) in [5, 5.41) is 12.4. The summed E-state index contributed by atoms with van der Waals surface area (Å²) in [7, 11) is 0. The molecular weight excluding hydrogens is 266 g/mol. The molecule has 5 nitrogen and oxygen atoms in total. The average molecular weight is 280 g/mol. The van der Waals surface area contributed by atoms with Crippen molar-refractivity contribution in [2.75, 3.05) is 11.9 Å². The fourth-order valence-corrected chi connectivity index (χ4v) is 1.89. The maximum absolute atomic E-state index is 11.3. The molecule has 100 valence electrons. The average Bonchev–Trinajstić information content (AvgIpc) is 2.44. The SMILES string of the molecule is O=c1[nH]cnc(NC(CO)Cc2ccccc2)c1Cl. The maximum atomic E-state index is 11.3. The Morgan fingerprint density at radius 2 is 2.11 bits per heavy atom. The lowest BCUT2D eigenvalue weighted by molar-refractivity contribution is 0.273. The largest absolute Gasteiger partial charge is 0.394 e. The molecule has 0 aliphatic carbocycles. The fraction of sp³-hybridized carbons (Fsp3) is 0.231. The highest BCUT2D eigenvalue weighted by molar-refractivity contribution is 6.32. The van der Waals surface area contributed by atoms with E-state index in [9.17, 15) is 9.90 Å². The van der Waals surface area contributed by atoms with Crippen molar-refractivity contribution in [2.45, 2.75) is 12.5 Å². The van der Waals surface area contributed by atoms with Gasteiger partial charge in [-0.25, -0.2) is 4.98 Å². The molecule has 1 unspecified atom stereocenters.